The number of anilines is 1. The molecule has 1 heterocycles. The maximum absolute atomic E-state index is 14.0. The van der Waals surface area contributed by atoms with Crippen LogP contribution in [-0.4, -0.2) is 29.8 Å². The summed E-state index contributed by atoms with van der Waals surface area (Å²) in [6, 6.07) is 20.1. The van der Waals surface area contributed by atoms with Gasteiger partial charge in [0.25, 0.3) is 5.54 Å². The van der Waals surface area contributed by atoms with Crippen molar-refractivity contribution in [3.05, 3.63) is 111 Å². The molecule has 8 nitrogen and oxygen atoms in total. The first kappa shape index (κ1) is 20.3. The van der Waals surface area contributed by atoms with E-state index < -0.39 is 46.0 Å². The van der Waals surface area contributed by atoms with Crippen LogP contribution >= 0.6 is 0 Å². The maximum Gasteiger partial charge on any atom is 0.339 e. The van der Waals surface area contributed by atoms with E-state index in [4.69, 9.17) is 4.74 Å². The number of benzene rings is 3. The van der Waals surface area contributed by atoms with E-state index in [1.54, 1.807) is 60.7 Å². The Morgan fingerprint density at radius 3 is 2.06 bits per heavy atom. The van der Waals surface area contributed by atoms with Crippen molar-refractivity contribution in [2.45, 2.75) is 11.5 Å². The van der Waals surface area contributed by atoms with Gasteiger partial charge in [-0.3, -0.25) is 19.7 Å². The highest BCUT2D eigenvalue weighted by molar-refractivity contribution is 6.25. The average Bonchev–Trinajstić information content (AvgIpc) is 3.13. The second-order valence-corrected chi connectivity index (χ2v) is 8.70. The van der Waals surface area contributed by atoms with Crippen LogP contribution in [0.4, 0.5) is 5.69 Å². The van der Waals surface area contributed by atoms with E-state index in [1.807, 2.05) is 0 Å². The fraction of sp³-hybridized carbons (Fsp3) is 0.192. The van der Waals surface area contributed by atoms with Crippen molar-refractivity contribution in [1.82, 2.24) is 0 Å². The molecule has 3 aliphatic carbocycles. The number of hydrogen-bond donors (Lipinski definition) is 0. The molecule has 34 heavy (non-hydrogen) atoms. The molecule has 0 saturated carbocycles. The van der Waals surface area contributed by atoms with Gasteiger partial charge in [-0.1, -0.05) is 60.7 Å². The first-order valence-electron chi connectivity index (χ1n) is 10.8. The number of rotatable bonds is 3. The molecule has 1 aliphatic heterocycles. The highest BCUT2D eigenvalue weighted by Gasteiger charge is 2.75. The van der Waals surface area contributed by atoms with Gasteiger partial charge in [0.2, 0.25) is 11.8 Å². The zero-order valence-corrected chi connectivity index (χ0v) is 18.0. The predicted molar refractivity (Wildman–Crippen MR) is 120 cm³/mol. The fourth-order valence-corrected chi connectivity index (χ4v) is 6.23. The molecule has 7 rings (SSSR count). The quantitative estimate of drug-likeness (QED) is 0.260. The van der Waals surface area contributed by atoms with Crippen LogP contribution in [0.25, 0.3) is 0 Å². The summed E-state index contributed by atoms with van der Waals surface area (Å²) in [7, 11) is 1.21. The van der Waals surface area contributed by atoms with Crippen LogP contribution in [0.5, 0.6) is 0 Å². The van der Waals surface area contributed by atoms with Gasteiger partial charge < -0.3 is 4.74 Å². The molecule has 0 unspecified atom stereocenters. The van der Waals surface area contributed by atoms with Crippen LogP contribution in [0.3, 0.4) is 0 Å². The van der Waals surface area contributed by atoms with Crippen molar-refractivity contribution < 1.29 is 24.0 Å². The molecule has 0 N–H and O–H groups in total. The summed E-state index contributed by atoms with van der Waals surface area (Å²) in [5.74, 6) is -4.65. The number of amides is 2. The zero-order valence-electron chi connectivity index (χ0n) is 18.0. The van der Waals surface area contributed by atoms with E-state index in [9.17, 15) is 24.5 Å². The third kappa shape index (κ3) is 2.20. The normalized spacial score (nSPS) is 26.0. The monoisotopic (exact) mass is 454 g/mol. The van der Waals surface area contributed by atoms with Gasteiger partial charge >= 0.3 is 5.97 Å². The van der Waals surface area contributed by atoms with E-state index in [0.717, 1.165) is 4.90 Å². The van der Waals surface area contributed by atoms with Gasteiger partial charge in [0.1, 0.15) is 5.92 Å². The lowest BCUT2D eigenvalue weighted by atomic mass is 9.51. The summed E-state index contributed by atoms with van der Waals surface area (Å²) in [5.41, 5.74) is 0.455. The van der Waals surface area contributed by atoms with Gasteiger partial charge in [-0.15, -0.1) is 0 Å². The van der Waals surface area contributed by atoms with Gasteiger partial charge in [-0.05, 0) is 23.3 Å². The molecular formula is C26H18N2O6. The Kier molecular flexibility index (Phi) is 4.08. The molecule has 168 valence electrons. The van der Waals surface area contributed by atoms with E-state index >= 15 is 0 Å². The van der Waals surface area contributed by atoms with Crippen LogP contribution in [0, 0.1) is 22.0 Å². The summed E-state index contributed by atoms with van der Waals surface area (Å²) in [5, 5.41) is 13.0. The highest BCUT2D eigenvalue weighted by Crippen LogP contribution is 2.64. The van der Waals surface area contributed by atoms with Gasteiger partial charge in [0, 0.05) is 22.0 Å². The molecule has 3 aromatic rings. The summed E-state index contributed by atoms with van der Waals surface area (Å²) < 4.78 is 4.84. The largest absolute Gasteiger partial charge is 0.465 e. The van der Waals surface area contributed by atoms with Crippen molar-refractivity contribution in [2.24, 2.45) is 11.8 Å². The topological polar surface area (TPSA) is 107 Å². The Hall–Kier alpha value is -4.33. The number of carbonyl (C=O) groups excluding carboxylic acids is 3. The van der Waals surface area contributed by atoms with Crippen molar-refractivity contribution in [3.8, 4) is 0 Å². The minimum atomic E-state index is -1.91. The number of esters is 1. The third-order valence-corrected chi connectivity index (χ3v) is 7.41. The fourth-order valence-electron chi connectivity index (χ4n) is 6.23. The summed E-state index contributed by atoms with van der Waals surface area (Å²) in [6.07, 6.45) is 0. The molecule has 0 spiro atoms. The molecule has 0 aromatic heterocycles. The summed E-state index contributed by atoms with van der Waals surface area (Å²) in [4.78, 5) is 53.8. The smallest absolute Gasteiger partial charge is 0.339 e. The van der Waals surface area contributed by atoms with Gasteiger partial charge in [0.15, 0.2) is 0 Å². The molecule has 2 bridgehead atoms. The molecule has 2 amide bonds. The van der Waals surface area contributed by atoms with Gasteiger partial charge in [-0.25, -0.2) is 9.69 Å². The molecule has 0 radical (unpaired) electrons. The number of carbonyl (C=O) groups is 3. The first-order chi connectivity index (χ1) is 16.4. The van der Waals surface area contributed by atoms with E-state index in [-0.39, 0.29) is 11.3 Å². The highest BCUT2D eigenvalue weighted by atomic mass is 16.6. The SMILES string of the molecule is COC(=O)c1ccccc1N1C(=O)[C@@H]2[C@@H](C1=O)C1c3ccccc3C2([N+](=O)[O-])c2ccccc21. The molecule has 3 aromatic carbocycles. The van der Waals surface area contributed by atoms with Gasteiger partial charge in [-0.2, -0.15) is 0 Å². The second-order valence-electron chi connectivity index (χ2n) is 8.70. The molecule has 4 aliphatic rings. The van der Waals surface area contributed by atoms with Crippen LogP contribution < -0.4 is 4.90 Å². The Bertz CT molecular complexity index is 1380. The van der Waals surface area contributed by atoms with Crippen LogP contribution in [-0.2, 0) is 19.9 Å². The number of para-hydroxylation sites is 1. The Morgan fingerprint density at radius 2 is 1.47 bits per heavy atom. The number of nitrogens with zero attached hydrogens (tertiary/aromatic N) is 2. The average molecular weight is 454 g/mol. The number of ether oxygens (including phenoxy) is 1. The molecule has 1 fully saturated rings. The Balaban J connectivity index is 1.65. The van der Waals surface area contributed by atoms with Crippen molar-refractivity contribution >= 4 is 23.5 Å². The molecule has 2 atom stereocenters. The second kappa shape index (κ2) is 6.84. The van der Waals surface area contributed by atoms with E-state index in [0.29, 0.717) is 22.3 Å². The van der Waals surface area contributed by atoms with Crippen LogP contribution in [0.15, 0.2) is 72.8 Å². The van der Waals surface area contributed by atoms with E-state index in [1.165, 1.54) is 19.2 Å². The van der Waals surface area contributed by atoms with Crippen molar-refractivity contribution in [2.75, 3.05) is 12.0 Å². The number of imide groups is 1. The number of methoxy groups -OCH3 is 1. The van der Waals surface area contributed by atoms with Crippen LogP contribution in [0.1, 0.15) is 38.5 Å². The minimum absolute atomic E-state index is 0.0443. The Morgan fingerprint density at radius 1 is 0.912 bits per heavy atom. The van der Waals surface area contributed by atoms with Crippen molar-refractivity contribution in [1.29, 1.82) is 0 Å². The number of nitro groups is 1. The zero-order chi connectivity index (χ0) is 23.8. The lowest BCUT2D eigenvalue weighted by Crippen LogP contribution is -2.57. The summed E-state index contributed by atoms with van der Waals surface area (Å²) >= 11 is 0. The lowest BCUT2D eigenvalue weighted by molar-refractivity contribution is -0.578. The number of hydrogen-bond acceptors (Lipinski definition) is 6. The molecule has 8 heteroatoms. The third-order valence-electron chi connectivity index (χ3n) is 7.41. The molecule has 1 saturated heterocycles. The summed E-state index contributed by atoms with van der Waals surface area (Å²) in [6.45, 7) is 0. The Labute approximate surface area is 193 Å². The molecular weight excluding hydrogens is 436 g/mol. The maximum atomic E-state index is 14.0. The predicted octanol–water partition coefficient (Wildman–Crippen LogP) is 3.26. The minimum Gasteiger partial charge on any atom is -0.465 e. The standard InChI is InChI=1S/C26H18N2O6/c1-34-25(31)16-10-4-7-13-19(16)27-23(29)21-20-14-8-2-5-11-17(14)26(28(32)33,22(21)24(27)30)18-12-6-3-9-15(18)20/h2-13,20-22H,1H3/t20?,21-,22-,26?/m0/s1. The first-order valence-corrected chi connectivity index (χ1v) is 10.8. The van der Waals surface area contributed by atoms with Crippen molar-refractivity contribution in [3.63, 3.8) is 0 Å². The van der Waals surface area contributed by atoms with E-state index in [2.05, 4.69) is 0 Å². The van der Waals surface area contributed by atoms with Crippen LogP contribution in [0.2, 0.25) is 0 Å². The lowest BCUT2D eigenvalue weighted by Gasteiger charge is -2.48. The van der Waals surface area contributed by atoms with Gasteiger partial charge in [0.05, 0.1) is 24.3 Å².